The number of alkyl halides is 1. The second kappa shape index (κ2) is 9.68. The second-order valence-electron chi connectivity index (χ2n) is 9.50. The van der Waals surface area contributed by atoms with Gasteiger partial charge in [0, 0.05) is 50.6 Å². The fourth-order valence-corrected chi connectivity index (χ4v) is 4.83. The van der Waals surface area contributed by atoms with E-state index in [0.29, 0.717) is 43.1 Å². The third kappa shape index (κ3) is 4.78. The molecule has 2 aromatic carbocycles. The molecule has 5 rings (SSSR count). The fraction of sp³-hybridized carbons (Fsp3) is 0.333. The smallest absolute Gasteiger partial charge is 0.274 e. The van der Waals surface area contributed by atoms with E-state index in [1.54, 1.807) is 36.3 Å². The van der Waals surface area contributed by atoms with Gasteiger partial charge >= 0.3 is 0 Å². The minimum Gasteiger partial charge on any atom is -0.460 e. The van der Waals surface area contributed by atoms with Crippen LogP contribution in [0.3, 0.4) is 0 Å². The van der Waals surface area contributed by atoms with E-state index in [2.05, 4.69) is 9.97 Å². The van der Waals surface area contributed by atoms with Gasteiger partial charge in [0.15, 0.2) is 0 Å². The lowest BCUT2D eigenvalue weighted by Gasteiger charge is -2.16. The van der Waals surface area contributed by atoms with Gasteiger partial charge in [-0.1, -0.05) is 23.8 Å². The van der Waals surface area contributed by atoms with Gasteiger partial charge in [-0.3, -0.25) is 19.0 Å². The summed E-state index contributed by atoms with van der Waals surface area (Å²) in [5.41, 5.74) is 9.48. The number of rotatable bonds is 7. The van der Waals surface area contributed by atoms with E-state index in [4.69, 9.17) is 10.5 Å². The van der Waals surface area contributed by atoms with E-state index in [1.807, 2.05) is 40.8 Å². The van der Waals surface area contributed by atoms with Crippen molar-refractivity contribution in [3.05, 3.63) is 70.3 Å². The zero-order valence-corrected chi connectivity index (χ0v) is 21.0. The summed E-state index contributed by atoms with van der Waals surface area (Å²) in [4.78, 5) is 35.4. The first-order valence-corrected chi connectivity index (χ1v) is 12.2. The van der Waals surface area contributed by atoms with E-state index in [-0.39, 0.29) is 17.4 Å². The van der Waals surface area contributed by atoms with Crippen LogP contribution in [0.2, 0.25) is 0 Å². The molecule has 0 bridgehead atoms. The molecule has 9 nitrogen and oxygen atoms in total. The molecule has 2 atom stereocenters. The Morgan fingerprint density at radius 1 is 1.19 bits per heavy atom. The van der Waals surface area contributed by atoms with Crippen LogP contribution in [0.5, 0.6) is 5.75 Å². The van der Waals surface area contributed by atoms with Crippen molar-refractivity contribution >= 4 is 22.8 Å². The van der Waals surface area contributed by atoms with Gasteiger partial charge in [0.05, 0.1) is 23.4 Å². The van der Waals surface area contributed by atoms with Crippen molar-refractivity contribution in [2.45, 2.75) is 33.2 Å². The lowest BCUT2D eigenvalue weighted by atomic mass is 10.1. The molecule has 1 amide bonds. The molecule has 10 heteroatoms. The van der Waals surface area contributed by atoms with Crippen LogP contribution < -0.4 is 20.9 Å². The van der Waals surface area contributed by atoms with Crippen LogP contribution in [0.25, 0.3) is 22.0 Å². The highest BCUT2D eigenvalue weighted by atomic mass is 19.1. The molecule has 1 saturated heterocycles. The molecule has 0 spiro atoms. The zero-order valence-electron chi connectivity index (χ0n) is 21.0. The average Bonchev–Trinajstić information content (AvgIpc) is 3.46. The molecule has 37 heavy (non-hydrogen) atoms. The summed E-state index contributed by atoms with van der Waals surface area (Å²) >= 11 is 0. The van der Waals surface area contributed by atoms with Crippen LogP contribution in [-0.4, -0.2) is 44.7 Å². The van der Waals surface area contributed by atoms with Crippen LogP contribution in [0.1, 0.15) is 24.5 Å². The quantitative estimate of drug-likeness (QED) is 0.414. The Balaban J connectivity index is 1.48. The van der Waals surface area contributed by atoms with E-state index < -0.39 is 6.36 Å². The Kier molecular flexibility index (Phi) is 6.41. The van der Waals surface area contributed by atoms with Gasteiger partial charge in [-0.15, -0.1) is 0 Å². The molecular weight excluding hydrogens is 475 g/mol. The van der Waals surface area contributed by atoms with Crippen LogP contribution in [0.4, 0.5) is 10.3 Å². The monoisotopic (exact) mass is 504 g/mol. The summed E-state index contributed by atoms with van der Waals surface area (Å²) < 4.78 is 22.4. The molecule has 2 aromatic heterocycles. The molecule has 0 saturated carbocycles. The lowest BCUT2D eigenvalue weighted by molar-refractivity contribution is -0.121. The number of primary amides is 1. The standard InChI is InChI=1S/C27H29FN6O3/c1-16-4-7-24(37-17(2)28)20(10-16)15-34-23-11-18(5-6-22(23)26(36)32(34)3)21-12-30-27(31-13-21)33-9-8-19(14-33)25(29)35/h4-7,10-13,17,19H,8-9,14-15H2,1-3H3,(H2,29,35). The SMILES string of the molecule is Cc1ccc(OC(C)F)c(Cn2c3cc(-c4cnc(N5CCC(C(N)=O)C5)nc4)ccc3c(=O)n2C)c1. The number of amides is 1. The molecule has 2 unspecified atom stereocenters. The number of hydrogen-bond donors (Lipinski definition) is 1. The van der Waals surface area contributed by atoms with Gasteiger partial charge in [0.2, 0.25) is 18.2 Å². The molecule has 0 radical (unpaired) electrons. The van der Waals surface area contributed by atoms with Gasteiger partial charge in [-0.2, -0.15) is 0 Å². The second-order valence-corrected chi connectivity index (χ2v) is 9.50. The Bertz CT molecular complexity index is 1530. The zero-order chi connectivity index (χ0) is 26.3. The number of aromatic nitrogens is 4. The Hall–Kier alpha value is -4.21. The van der Waals surface area contributed by atoms with Gasteiger partial charge in [-0.25, -0.2) is 14.4 Å². The van der Waals surface area contributed by atoms with Gasteiger partial charge in [0.25, 0.3) is 5.56 Å². The molecule has 2 N–H and O–H groups in total. The van der Waals surface area contributed by atoms with Crippen LogP contribution in [0.15, 0.2) is 53.6 Å². The number of hydrogen-bond acceptors (Lipinski definition) is 6. The summed E-state index contributed by atoms with van der Waals surface area (Å²) in [5.74, 6) is 0.507. The minimum absolute atomic E-state index is 0.125. The van der Waals surface area contributed by atoms with Gasteiger partial charge < -0.3 is 15.4 Å². The predicted molar refractivity (Wildman–Crippen MR) is 139 cm³/mol. The number of anilines is 1. The number of halogens is 1. The van der Waals surface area contributed by atoms with E-state index in [9.17, 15) is 14.0 Å². The number of fused-ring (bicyclic) bond motifs is 1. The Morgan fingerprint density at radius 3 is 2.62 bits per heavy atom. The summed E-state index contributed by atoms with van der Waals surface area (Å²) in [6.07, 6.45) is 2.72. The maximum absolute atomic E-state index is 13.6. The molecular formula is C27H29FN6O3. The highest BCUT2D eigenvalue weighted by Gasteiger charge is 2.28. The number of ether oxygens (including phenoxy) is 1. The number of aryl methyl sites for hydroxylation is 1. The average molecular weight is 505 g/mol. The molecule has 0 aliphatic carbocycles. The minimum atomic E-state index is -1.46. The van der Waals surface area contributed by atoms with Crippen molar-refractivity contribution in [3.63, 3.8) is 0 Å². The predicted octanol–water partition coefficient (Wildman–Crippen LogP) is 3.16. The molecule has 4 aromatic rings. The number of carbonyl (C=O) groups excluding carboxylic acids is 1. The fourth-order valence-electron chi connectivity index (χ4n) is 4.83. The van der Waals surface area contributed by atoms with Crippen molar-refractivity contribution in [2.24, 2.45) is 18.7 Å². The highest BCUT2D eigenvalue weighted by molar-refractivity contribution is 5.84. The van der Waals surface area contributed by atoms with Crippen molar-refractivity contribution in [2.75, 3.05) is 18.0 Å². The summed E-state index contributed by atoms with van der Waals surface area (Å²) in [5, 5.41) is 0.576. The third-order valence-corrected chi connectivity index (χ3v) is 6.83. The number of carbonyl (C=O) groups is 1. The number of benzene rings is 2. The van der Waals surface area contributed by atoms with Crippen molar-refractivity contribution in [1.29, 1.82) is 0 Å². The van der Waals surface area contributed by atoms with Crippen LogP contribution >= 0.6 is 0 Å². The molecule has 3 heterocycles. The van der Waals surface area contributed by atoms with Crippen molar-refractivity contribution in [1.82, 2.24) is 19.3 Å². The molecule has 1 fully saturated rings. The first-order valence-electron chi connectivity index (χ1n) is 12.2. The Labute approximate surface area is 213 Å². The lowest BCUT2D eigenvalue weighted by Crippen LogP contribution is -2.28. The molecule has 1 aliphatic heterocycles. The van der Waals surface area contributed by atoms with Crippen LogP contribution in [-0.2, 0) is 18.4 Å². The number of nitrogens with two attached hydrogens (primary N) is 1. The third-order valence-electron chi connectivity index (χ3n) is 6.83. The Morgan fingerprint density at radius 2 is 1.95 bits per heavy atom. The maximum Gasteiger partial charge on any atom is 0.274 e. The van der Waals surface area contributed by atoms with Crippen LogP contribution in [0, 0.1) is 12.8 Å². The van der Waals surface area contributed by atoms with Crippen molar-refractivity contribution in [3.8, 4) is 16.9 Å². The summed E-state index contributed by atoms with van der Waals surface area (Å²) in [6, 6.07) is 11.2. The largest absolute Gasteiger partial charge is 0.460 e. The summed E-state index contributed by atoms with van der Waals surface area (Å²) in [7, 11) is 1.71. The summed E-state index contributed by atoms with van der Waals surface area (Å²) in [6.45, 7) is 4.82. The van der Waals surface area contributed by atoms with E-state index in [0.717, 1.165) is 27.8 Å². The van der Waals surface area contributed by atoms with E-state index >= 15 is 0 Å². The highest BCUT2D eigenvalue weighted by Crippen LogP contribution is 2.28. The van der Waals surface area contributed by atoms with Gasteiger partial charge in [0.1, 0.15) is 5.75 Å². The number of nitrogens with zero attached hydrogens (tertiary/aromatic N) is 5. The first kappa shape index (κ1) is 24.5. The maximum atomic E-state index is 13.6. The molecule has 192 valence electrons. The van der Waals surface area contributed by atoms with Crippen molar-refractivity contribution < 1.29 is 13.9 Å². The molecule has 1 aliphatic rings. The van der Waals surface area contributed by atoms with Gasteiger partial charge in [-0.05, 0) is 37.1 Å². The first-order chi connectivity index (χ1) is 17.7. The van der Waals surface area contributed by atoms with E-state index in [1.165, 1.54) is 6.92 Å². The topological polar surface area (TPSA) is 108 Å². The normalized spacial score (nSPS) is 16.3.